The Bertz CT molecular complexity index is 1100. The van der Waals surface area contributed by atoms with Crippen molar-refractivity contribution >= 4 is 38.9 Å². The lowest BCUT2D eigenvalue weighted by molar-refractivity contribution is -0.116. The Morgan fingerprint density at radius 2 is 1.52 bits per heavy atom. The molecule has 2 N–H and O–H groups in total. The Morgan fingerprint density at radius 1 is 0.897 bits per heavy atom. The highest BCUT2D eigenvalue weighted by Crippen LogP contribution is 2.20. The number of aryl methyl sites for hydroxylation is 1. The number of nitrogens with one attached hydrogen (secondary N) is 2. The average Bonchev–Trinajstić information content (AvgIpc) is 2.69. The first kappa shape index (κ1) is 20.8. The average molecular weight is 433 g/mol. The van der Waals surface area contributed by atoms with Crippen LogP contribution in [0.2, 0.25) is 5.02 Å². The van der Waals surface area contributed by atoms with Gasteiger partial charge in [0.1, 0.15) is 5.82 Å². The molecule has 3 aromatic rings. The van der Waals surface area contributed by atoms with Crippen LogP contribution in [0, 0.1) is 5.82 Å². The smallest absolute Gasteiger partial charge is 0.261 e. The number of rotatable bonds is 7. The number of benzene rings is 3. The van der Waals surface area contributed by atoms with Crippen LogP contribution in [0.5, 0.6) is 0 Å². The van der Waals surface area contributed by atoms with Crippen molar-refractivity contribution in [3.8, 4) is 0 Å². The van der Waals surface area contributed by atoms with Gasteiger partial charge >= 0.3 is 0 Å². The van der Waals surface area contributed by atoms with Gasteiger partial charge in [-0.05, 0) is 66.6 Å². The number of hydrogen-bond acceptors (Lipinski definition) is 3. The van der Waals surface area contributed by atoms with Crippen molar-refractivity contribution in [1.29, 1.82) is 0 Å². The van der Waals surface area contributed by atoms with Gasteiger partial charge in [-0.25, -0.2) is 12.8 Å². The Kier molecular flexibility index (Phi) is 6.51. The van der Waals surface area contributed by atoms with E-state index in [1.807, 2.05) is 18.2 Å². The number of anilines is 2. The van der Waals surface area contributed by atoms with E-state index >= 15 is 0 Å². The van der Waals surface area contributed by atoms with Crippen LogP contribution < -0.4 is 10.0 Å². The number of amides is 1. The fourth-order valence-electron chi connectivity index (χ4n) is 2.62. The standard InChI is InChI=1S/C21H18ClFN2O3S/c22-20-4-2-1-3-15(20)5-14-21(26)24-17-10-12-19(13-11-17)29(27,28)25-18-8-6-16(23)7-9-18/h1-4,6-13,25H,5,14H2,(H,24,26). The van der Waals surface area contributed by atoms with Crippen LogP contribution in [0.25, 0.3) is 0 Å². The molecular weight excluding hydrogens is 415 g/mol. The van der Waals surface area contributed by atoms with Gasteiger partial charge in [-0.15, -0.1) is 0 Å². The van der Waals surface area contributed by atoms with E-state index in [2.05, 4.69) is 10.0 Å². The maximum atomic E-state index is 12.9. The largest absolute Gasteiger partial charge is 0.326 e. The van der Waals surface area contributed by atoms with Gasteiger partial charge in [0.05, 0.1) is 4.90 Å². The molecule has 0 saturated heterocycles. The fraction of sp³-hybridized carbons (Fsp3) is 0.0952. The lowest BCUT2D eigenvalue weighted by Crippen LogP contribution is -2.14. The summed E-state index contributed by atoms with van der Waals surface area (Å²) in [5.41, 5.74) is 1.62. The highest BCUT2D eigenvalue weighted by atomic mass is 35.5. The van der Waals surface area contributed by atoms with Gasteiger partial charge in [0.2, 0.25) is 5.91 Å². The Balaban J connectivity index is 1.59. The van der Waals surface area contributed by atoms with Gasteiger partial charge in [-0.3, -0.25) is 9.52 Å². The first-order valence-corrected chi connectivity index (χ1v) is 10.6. The second kappa shape index (κ2) is 9.07. The SMILES string of the molecule is O=C(CCc1ccccc1Cl)Nc1ccc(S(=O)(=O)Nc2ccc(F)cc2)cc1. The van der Waals surface area contributed by atoms with Crippen LogP contribution in [-0.4, -0.2) is 14.3 Å². The van der Waals surface area contributed by atoms with E-state index in [-0.39, 0.29) is 22.9 Å². The molecule has 0 radical (unpaired) electrons. The summed E-state index contributed by atoms with van der Waals surface area (Å²) in [5, 5.41) is 3.34. The molecule has 0 atom stereocenters. The van der Waals surface area contributed by atoms with Crippen molar-refractivity contribution in [2.45, 2.75) is 17.7 Å². The third kappa shape index (κ3) is 5.79. The summed E-state index contributed by atoms with van der Waals surface area (Å²) < 4.78 is 40.1. The molecule has 0 aliphatic rings. The van der Waals surface area contributed by atoms with Crippen molar-refractivity contribution in [1.82, 2.24) is 0 Å². The van der Waals surface area contributed by atoms with E-state index in [1.54, 1.807) is 6.07 Å². The number of carbonyl (C=O) groups is 1. The van der Waals surface area contributed by atoms with E-state index < -0.39 is 15.8 Å². The van der Waals surface area contributed by atoms with Crippen molar-refractivity contribution in [2.24, 2.45) is 0 Å². The lowest BCUT2D eigenvalue weighted by Gasteiger charge is -2.10. The molecule has 3 rings (SSSR count). The van der Waals surface area contributed by atoms with Crippen LogP contribution in [0.1, 0.15) is 12.0 Å². The molecule has 0 saturated carbocycles. The number of sulfonamides is 1. The highest BCUT2D eigenvalue weighted by Gasteiger charge is 2.14. The minimum Gasteiger partial charge on any atom is -0.326 e. The summed E-state index contributed by atoms with van der Waals surface area (Å²) in [7, 11) is -3.82. The van der Waals surface area contributed by atoms with Gasteiger partial charge in [0, 0.05) is 22.8 Å². The summed E-state index contributed by atoms with van der Waals surface area (Å²) in [5.74, 6) is -0.660. The van der Waals surface area contributed by atoms with Crippen LogP contribution in [0.3, 0.4) is 0 Å². The fourth-order valence-corrected chi connectivity index (χ4v) is 3.91. The molecule has 0 fully saturated rings. The summed E-state index contributed by atoms with van der Waals surface area (Å²) in [6.45, 7) is 0. The highest BCUT2D eigenvalue weighted by molar-refractivity contribution is 7.92. The predicted molar refractivity (Wildman–Crippen MR) is 112 cm³/mol. The topological polar surface area (TPSA) is 75.3 Å². The summed E-state index contributed by atoms with van der Waals surface area (Å²) >= 11 is 6.08. The van der Waals surface area contributed by atoms with Gasteiger partial charge in [-0.1, -0.05) is 29.8 Å². The van der Waals surface area contributed by atoms with Crippen LogP contribution in [0.15, 0.2) is 77.7 Å². The zero-order chi connectivity index (χ0) is 20.9. The molecule has 0 heterocycles. The summed E-state index contributed by atoms with van der Waals surface area (Å²) in [4.78, 5) is 12.2. The van der Waals surface area contributed by atoms with Gasteiger partial charge in [0.15, 0.2) is 0 Å². The maximum Gasteiger partial charge on any atom is 0.261 e. The van der Waals surface area contributed by atoms with E-state index in [9.17, 15) is 17.6 Å². The van der Waals surface area contributed by atoms with E-state index in [1.165, 1.54) is 48.5 Å². The monoisotopic (exact) mass is 432 g/mol. The Morgan fingerprint density at radius 3 is 2.17 bits per heavy atom. The third-order valence-corrected chi connectivity index (χ3v) is 5.89. The summed E-state index contributed by atoms with van der Waals surface area (Å²) in [6.07, 6.45) is 0.746. The molecule has 0 aliphatic carbocycles. The Hall–Kier alpha value is -2.90. The van der Waals surface area contributed by atoms with Crippen molar-refractivity contribution < 1.29 is 17.6 Å². The number of carbonyl (C=O) groups excluding carboxylic acids is 1. The van der Waals surface area contributed by atoms with Crippen molar-refractivity contribution in [2.75, 3.05) is 10.0 Å². The molecule has 150 valence electrons. The first-order valence-electron chi connectivity index (χ1n) is 8.75. The van der Waals surface area contributed by atoms with E-state index in [0.717, 1.165) is 5.56 Å². The van der Waals surface area contributed by atoms with Crippen molar-refractivity contribution in [3.05, 3.63) is 89.2 Å². The predicted octanol–water partition coefficient (Wildman–Crippen LogP) is 4.85. The summed E-state index contributed by atoms with van der Waals surface area (Å²) in [6, 6.07) is 18.1. The minimum absolute atomic E-state index is 0.0240. The van der Waals surface area contributed by atoms with E-state index in [0.29, 0.717) is 17.1 Å². The maximum absolute atomic E-state index is 12.9. The molecule has 5 nitrogen and oxygen atoms in total. The quantitative estimate of drug-likeness (QED) is 0.560. The molecule has 3 aromatic carbocycles. The third-order valence-electron chi connectivity index (χ3n) is 4.12. The number of hydrogen-bond donors (Lipinski definition) is 2. The second-order valence-electron chi connectivity index (χ2n) is 6.28. The molecule has 1 amide bonds. The van der Waals surface area contributed by atoms with Crippen LogP contribution in [-0.2, 0) is 21.2 Å². The molecule has 0 spiro atoms. The van der Waals surface area contributed by atoms with Crippen molar-refractivity contribution in [3.63, 3.8) is 0 Å². The molecule has 8 heteroatoms. The van der Waals surface area contributed by atoms with Crippen LogP contribution >= 0.6 is 11.6 Å². The lowest BCUT2D eigenvalue weighted by atomic mass is 10.1. The minimum atomic E-state index is -3.82. The van der Waals surface area contributed by atoms with Gasteiger partial charge in [0.25, 0.3) is 10.0 Å². The molecular formula is C21H18ClFN2O3S. The van der Waals surface area contributed by atoms with E-state index in [4.69, 9.17) is 11.6 Å². The second-order valence-corrected chi connectivity index (χ2v) is 8.37. The normalized spacial score (nSPS) is 11.1. The number of halogens is 2. The molecule has 0 unspecified atom stereocenters. The molecule has 0 bridgehead atoms. The molecule has 29 heavy (non-hydrogen) atoms. The zero-order valence-electron chi connectivity index (χ0n) is 15.2. The van der Waals surface area contributed by atoms with Gasteiger partial charge < -0.3 is 5.32 Å². The molecule has 0 aromatic heterocycles. The van der Waals surface area contributed by atoms with Crippen LogP contribution in [0.4, 0.5) is 15.8 Å². The zero-order valence-corrected chi connectivity index (χ0v) is 16.8. The van der Waals surface area contributed by atoms with Gasteiger partial charge in [-0.2, -0.15) is 0 Å². The first-order chi connectivity index (χ1) is 13.8. The molecule has 0 aliphatic heterocycles. The Labute approximate surface area is 173 Å².